The molecule has 0 atom stereocenters. The molecule has 2 aromatic rings. The minimum atomic E-state index is -1.12. The van der Waals surface area contributed by atoms with Crippen LogP contribution in [0.4, 0.5) is 0 Å². The van der Waals surface area contributed by atoms with Crippen molar-refractivity contribution in [3.05, 3.63) is 17.5 Å². The molecule has 0 fully saturated rings. The molecule has 0 amide bonds. The summed E-state index contributed by atoms with van der Waals surface area (Å²) in [6, 6.07) is 0. The van der Waals surface area contributed by atoms with E-state index in [2.05, 4.69) is 25.6 Å². The van der Waals surface area contributed by atoms with Crippen LogP contribution in [-0.4, -0.2) is 36.7 Å². The first kappa shape index (κ1) is 8.42. The van der Waals surface area contributed by atoms with Gasteiger partial charge in [-0.05, 0) is 12.5 Å². The molecule has 72 valence electrons. The Kier molecular flexibility index (Phi) is 1.77. The number of hydrogen-bond donors (Lipinski definition) is 3. The second-order valence-electron chi connectivity index (χ2n) is 2.75. The molecule has 2 rings (SSSR count). The smallest absolute Gasteiger partial charge is 0.358 e. The molecule has 0 radical (unpaired) electrons. The lowest BCUT2D eigenvalue weighted by Crippen LogP contribution is -1.99. The van der Waals surface area contributed by atoms with E-state index in [1.165, 1.54) is 0 Å². The summed E-state index contributed by atoms with van der Waals surface area (Å²) in [5.41, 5.74) is 1.54. The molecule has 0 saturated carbocycles. The molecule has 2 heterocycles. The lowest BCUT2D eigenvalue weighted by molar-refractivity contribution is 0.0691. The van der Waals surface area contributed by atoms with Crippen molar-refractivity contribution >= 4 is 5.97 Å². The number of rotatable bonds is 2. The van der Waals surface area contributed by atoms with Crippen molar-refractivity contribution in [1.29, 1.82) is 0 Å². The Morgan fingerprint density at radius 1 is 1.50 bits per heavy atom. The van der Waals surface area contributed by atoms with Gasteiger partial charge in [-0.25, -0.2) is 4.79 Å². The Labute approximate surface area is 78.2 Å². The number of aromatic nitrogens is 5. The van der Waals surface area contributed by atoms with Crippen molar-refractivity contribution in [2.24, 2.45) is 0 Å². The van der Waals surface area contributed by atoms with Crippen LogP contribution in [0.2, 0.25) is 0 Å². The second kappa shape index (κ2) is 2.95. The maximum absolute atomic E-state index is 10.7. The van der Waals surface area contributed by atoms with Gasteiger partial charge in [-0.15, -0.1) is 5.10 Å². The van der Waals surface area contributed by atoms with Crippen molar-refractivity contribution in [2.75, 3.05) is 0 Å². The van der Waals surface area contributed by atoms with E-state index < -0.39 is 5.97 Å². The van der Waals surface area contributed by atoms with E-state index in [0.29, 0.717) is 5.69 Å². The summed E-state index contributed by atoms with van der Waals surface area (Å²) in [6.07, 6.45) is 1.59. The first-order valence-corrected chi connectivity index (χ1v) is 3.84. The lowest BCUT2D eigenvalue weighted by atomic mass is 10.2. The number of aromatic amines is 2. The minimum absolute atomic E-state index is 0.114. The number of carboxylic acids is 1. The molecule has 0 aliphatic carbocycles. The van der Waals surface area contributed by atoms with Gasteiger partial charge >= 0.3 is 5.97 Å². The Bertz CT molecular complexity index is 472. The number of aryl methyl sites for hydroxylation is 1. The fourth-order valence-electron chi connectivity index (χ4n) is 1.14. The van der Waals surface area contributed by atoms with E-state index in [1.807, 2.05) is 0 Å². The number of hydrogen-bond acceptors (Lipinski definition) is 4. The maximum Gasteiger partial charge on any atom is 0.358 e. The van der Waals surface area contributed by atoms with Crippen molar-refractivity contribution in [3.8, 4) is 11.4 Å². The third-order valence-electron chi connectivity index (χ3n) is 1.82. The van der Waals surface area contributed by atoms with Gasteiger partial charge in [0.25, 0.3) is 0 Å². The van der Waals surface area contributed by atoms with E-state index in [0.717, 1.165) is 5.56 Å². The van der Waals surface area contributed by atoms with Crippen LogP contribution in [0, 0.1) is 6.92 Å². The summed E-state index contributed by atoms with van der Waals surface area (Å²) in [4.78, 5) is 10.7. The third kappa shape index (κ3) is 1.15. The van der Waals surface area contributed by atoms with E-state index >= 15 is 0 Å². The highest BCUT2D eigenvalue weighted by molar-refractivity contribution is 5.92. The van der Waals surface area contributed by atoms with Gasteiger partial charge < -0.3 is 5.11 Å². The van der Waals surface area contributed by atoms with Gasteiger partial charge in [-0.2, -0.15) is 15.4 Å². The minimum Gasteiger partial charge on any atom is -0.476 e. The summed E-state index contributed by atoms with van der Waals surface area (Å²) in [5.74, 6) is -1.12. The quantitative estimate of drug-likeness (QED) is 0.631. The van der Waals surface area contributed by atoms with Crippen LogP contribution in [0.1, 0.15) is 16.1 Å². The van der Waals surface area contributed by atoms with Gasteiger partial charge in [-0.3, -0.25) is 5.10 Å². The number of carboxylic acid groups (broad SMARTS) is 1. The Balaban J connectivity index is 2.57. The van der Waals surface area contributed by atoms with Gasteiger partial charge in [-0.1, -0.05) is 0 Å². The highest BCUT2D eigenvalue weighted by Crippen LogP contribution is 2.19. The van der Waals surface area contributed by atoms with E-state index in [1.54, 1.807) is 13.1 Å². The van der Waals surface area contributed by atoms with Crippen LogP contribution in [0.5, 0.6) is 0 Å². The summed E-state index contributed by atoms with van der Waals surface area (Å²) >= 11 is 0. The zero-order chi connectivity index (χ0) is 10.1. The summed E-state index contributed by atoms with van der Waals surface area (Å²) in [5, 5.41) is 24.8. The van der Waals surface area contributed by atoms with Crippen molar-refractivity contribution in [2.45, 2.75) is 6.92 Å². The molecule has 3 N–H and O–H groups in total. The fraction of sp³-hybridized carbons (Fsp3) is 0.143. The lowest BCUT2D eigenvalue weighted by Gasteiger charge is -1.93. The SMILES string of the molecule is Cc1cn[nH]c1-c1n[nH]nc1C(=O)O. The first-order valence-electron chi connectivity index (χ1n) is 3.84. The molecule has 0 spiro atoms. The highest BCUT2D eigenvalue weighted by atomic mass is 16.4. The standard InChI is InChI=1S/C7H7N5O2/c1-3-2-8-9-4(3)5-6(7(13)14)11-12-10-5/h2H,1H3,(H,8,9)(H,13,14)(H,10,11,12). The number of H-pyrrole nitrogens is 2. The summed E-state index contributed by atoms with van der Waals surface area (Å²) in [7, 11) is 0. The van der Waals surface area contributed by atoms with Gasteiger partial charge in [0.1, 0.15) is 5.69 Å². The molecular formula is C7H7N5O2. The fourth-order valence-corrected chi connectivity index (χ4v) is 1.14. The number of nitrogens with zero attached hydrogens (tertiary/aromatic N) is 3. The third-order valence-corrected chi connectivity index (χ3v) is 1.82. The van der Waals surface area contributed by atoms with Crippen LogP contribution in [0.25, 0.3) is 11.4 Å². The molecule has 0 saturated heterocycles. The largest absolute Gasteiger partial charge is 0.476 e. The molecule has 2 aromatic heterocycles. The molecular weight excluding hydrogens is 186 g/mol. The zero-order valence-electron chi connectivity index (χ0n) is 7.27. The van der Waals surface area contributed by atoms with Gasteiger partial charge in [0.2, 0.25) is 0 Å². The van der Waals surface area contributed by atoms with Gasteiger partial charge in [0.05, 0.1) is 11.9 Å². The molecule has 7 nitrogen and oxygen atoms in total. The average molecular weight is 193 g/mol. The van der Waals surface area contributed by atoms with Gasteiger partial charge in [0.15, 0.2) is 5.69 Å². The molecule has 0 aliphatic heterocycles. The number of aromatic carboxylic acids is 1. The Morgan fingerprint density at radius 3 is 2.86 bits per heavy atom. The summed E-state index contributed by atoms with van der Waals surface area (Å²) in [6.45, 7) is 1.80. The normalized spacial score (nSPS) is 10.4. The molecule has 0 aliphatic rings. The predicted molar refractivity (Wildman–Crippen MR) is 45.7 cm³/mol. The Hall–Kier alpha value is -2.18. The molecule has 0 unspecified atom stereocenters. The van der Waals surface area contributed by atoms with Crippen molar-refractivity contribution < 1.29 is 9.90 Å². The first-order chi connectivity index (χ1) is 6.70. The van der Waals surface area contributed by atoms with Crippen LogP contribution < -0.4 is 0 Å². The monoisotopic (exact) mass is 193 g/mol. The summed E-state index contributed by atoms with van der Waals surface area (Å²) < 4.78 is 0. The number of carbonyl (C=O) groups is 1. The van der Waals surface area contributed by atoms with Crippen molar-refractivity contribution in [1.82, 2.24) is 25.6 Å². The van der Waals surface area contributed by atoms with Crippen LogP contribution in [0.15, 0.2) is 6.20 Å². The molecule has 0 aromatic carbocycles. The molecule has 0 bridgehead atoms. The topological polar surface area (TPSA) is 108 Å². The van der Waals surface area contributed by atoms with Crippen molar-refractivity contribution in [3.63, 3.8) is 0 Å². The van der Waals surface area contributed by atoms with Gasteiger partial charge in [0, 0.05) is 0 Å². The van der Waals surface area contributed by atoms with E-state index in [4.69, 9.17) is 5.11 Å². The van der Waals surface area contributed by atoms with Crippen LogP contribution in [-0.2, 0) is 0 Å². The predicted octanol–water partition coefficient (Wildman–Crippen LogP) is 0.201. The average Bonchev–Trinajstić information content (AvgIpc) is 2.70. The zero-order valence-corrected chi connectivity index (χ0v) is 7.27. The molecule has 7 heteroatoms. The van der Waals surface area contributed by atoms with Crippen LogP contribution >= 0.6 is 0 Å². The van der Waals surface area contributed by atoms with E-state index in [-0.39, 0.29) is 11.4 Å². The molecule has 14 heavy (non-hydrogen) atoms. The highest BCUT2D eigenvalue weighted by Gasteiger charge is 2.19. The van der Waals surface area contributed by atoms with Crippen LogP contribution in [0.3, 0.4) is 0 Å². The van der Waals surface area contributed by atoms with E-state index in [9.17, 15) is 4.79 Å². The number of nitrogens with one attached hydrogen (secondary N) is 2. The maximum atomic E-state index is 10.7. The Morgan fingerprint density at radius 2 is 2.29 bits per heavy atom. The second-order valence-corrected chi connectivity index (χ2v) is 2.75.